The summed E-state index contributed by atoms with van der Waals surface area (Å²) in [6.07, 6.45) is -7.90. The Kier molecular flexibility index (Phi) is 10.2. The van der Waals surface area contributed by atoms with E-state index in [4.69, 9.17) is 9.57 Å². The summed E-state index contributed by atoms with van der Waals surface area (Å²) in [5.41, 5.74) is 0.492. The summed E-state index contributed by atoms with van der Waals surface area (Å²) in [6, 6.07) is 11.6. The second kappa shape index (κ2) is 13.9. The molecule has 1 aliphatic rings. The van der Waals surface area contributed by atoms with Crippen LogP contribution in [0.4, 0.5) is 22.8 Å². The van der Waals surface area contributed by atoms with E-state index < -0.39 is 46.5 Å². The molecule has 1 aromatic heterocycles. The van der Waals surface area contributed by atoms with Crippen LogP contribution in [0.25, 0.3) is 16.9 Å². The highest BCUT2D eigenvalue weighted by Crippen LogP contribution is 2.33. The Hall–Kier alpha value is -5.07. The molecular formula is C27H29F3N6O9S. The third-order valence-corrected chi connectivity index (χ3v) is 7.81. The molecule has 1 aliphatic heterocycles. The minimum Gasteiger partial charge on any atom is -0.569 e. The Morgan fingerprint density at radius 1 is 1.15 bits per heavy atom. The molecule has 46 heavy (non-hydrogen) atoms. The molecule has 2 aromatic carbocycles. The fourth-order valence-corrected chi connectivity index (χ4v) is 4.96. The molecule has 0 saturated carbocycles. The summed E-state index contributed by atoms with van der Waals surface area (Å²) in [6.45, 7) is 4.61. The van der Waals surface area contributed by atoms with Crippen molar-refractivity contribution in [1.82, 2.24) is 19.5 Å². The molecule has 1 amide bonds. The average molecular weight is 671 g/mol. The number of halogens is 3. The van der Waals surface area contributed by atoms with E-state index in [1.54, 1.807) is 35.9 Å². The van der Waals surface area contributed by atoms with Gasteiger partial charge >= 0.3 is 18.4 Å². The molecule has 15 nitrogen and oxygen atoms in total. The standard InChI is InChI=1S/C27H29F3N6O9S/c1-4-42-26(38)44-18(3)45-33-36(39)34-14-13-21(34)16-43-25(37)32-46(40,41)22-11-9-20(10-12-22)35-23(15-24(31-35)27(28,29)30)19-7-5-17(2)6-8-19/h5-12,15,18,21H,4,13-14,16H2,1-3H3,(H,32,37)/t18?,21-/m0/s1. The van der Waals surface area contributed by atoms with E-state index in [0.717, 1.165) is 33.5 Å². The molecule has 248 valence electrons. The Balaban J connectivity index is 1.37. The molecule has 0 bridgehead atoms. The molecule has 1 N–H and O–H groups in total. The summed E-state index contributed by atoms with van der Waals surface area (Å²) in [7, 11) is -4.45. The maximum atomic E-state index is 13.5. The lowest BCUT2D eigenvalue weighted by Gasteiger charge is -2.34. The lowest BCUT2D eigenvalue weighted by molar-refractivity contribution is -0.734. The van der Waals surface area contributed by atoms with Crippen LogP contribution in [0.5, 0.6) is 0 Å². The van der Waals surface area contributed by atoms with Gasteiger partial charge < -0.3 is 19.4 Å². The van der Waals surface area contributed by atoms with E-state index in [0.29, 0.717) is 12.0 Å². The van der Waals surface area contributed by atoms with Crippen LogP contribution in [0.1, 0.15) is 31.5 Å². The van der Waals surface area contributed by atoms with Crippen molar-refractivity contribution in [3.63, 3.8) is 0 Å². The molecule has 0 spiro atoms. The van der Waals surface area contributed by atoms with Crippen LogP contribution in [0, 0.1) is 12.1 Å². The number of benzene rings is 2. The number of amides is 1. The number of carbonyl (C=O) groups excluding carboxylic acids is 2. The van der Waals surface area contributed by atoms with Crippen LogP contribution in [-0.4, -0.2) is 72.5 Å². The number of carbonyl (C=O) groups is 2. The first-order valence-electron chi connectivity index (χ1n) is 13.7. The van der Waals surface area contributed by atoms with E-state index in [1.807, 2.05) is 6.92 Å². The van der Waals surface area contributed by atoms with Crippen LogP contribution < -0.4 is 4.72 Å². The molecule has 19 heteroatoms. The van der Waals surface area contributed by atoms with Gasteiger partial charge in [-0.15, -0.1) is 5.01 Å². The number of rotatable bonds is 11. The third kappa shape index (κ3) is 8.34. The van der Waals surface area contributed by atoms with Crippen molar-refractivity contribution in [2.75, 3.05) is 19.8 Å². The second-order valence-electron chi connectivity index (χ2n) is 9.80. The van der Waals surface area contributed by atoms with Gasteiger partial charge in [0.25, 0.3) is 16.3 Å². The zero-order chi connectivity index (χ0) is 33.6. The summed E-state index contributed by atoms with van der Waals surface area (Å²) >= 11 is 0. The second-order valence-corrected chi connectivity index (χ2v) is 11.5. The summed E-state index contributed by atoms with van der Waals surface area (Å²) in [4.78, 5) is 28.0. The molecule has 4 rings (SSSR count). The Labute approximate surface area is 260 Å². The highest BCUT2D eigenvalue weighted by Gasteiger charge is 2.37. The number of aromatic nitrogens is 2. The quantitative estimate of drug-likeness (QED) is 0.0985. The lowest BCUT2D eigenvalue weighted by Crippen LogP contribution is -2.54. The Morgan fingerprint density at radius 2 is 1.83 bits per heavy atom. The molecule has 1 fully saturated rings. The number of ether oxygens (including phenoxy) is 3. The number of hydrogen-bond acceptors (Lipinski definition) is 11. The van der Waals surface area contributed by atoms with Crippen LogP contribution in [0.2, 0.25) is 0 Å². The fourth-order valence-electron chi connectivity index (χ4n) is 4.07. The van der Waals surface area contributed by atoms with Crippen molar-refractivity contribution in [2.24, 2.45) is 5.28 Å². The third-order valence-electron chi connectivity index (χ3n) is 6.49. The van der Waals surface area contributed by atoms with E-state index in [9.17, 15) is 36.4 Å². The fraction of sp³-hybridized carbons (Fsp3) is 0.370. The molecule has 1 saturated heterocycles. The Bertz CT molecular complexity index is 1680. The monoisotopic (exact) mass is 670 g/mol. The van der Waals surface area contributed by atoms with Gasteiger partial charge in [-0.3, -0.25) is 4.84 Å². The molecule has 3 aromatic rings. The lowest BCUT2D eigenvalue weighted by atomic mass is 10.1. The van der Waals surface area contributed by atoms with Crippen LogP contribution in [0.3, 0.4) is 0 Å². The van der Waals surface area contributed by atoms with Gasteiger partial charge in [-0.2, -0.15) is 18.3 Å². The number of nitrogens with zero attached hydrogens (tertiary/aromatic N) is 5. The van der Waals surface area contributed by atoms with E-state index in [1.165, 1.54) is 19.1 Å². The minimum atomic E-state index is -4.72. The molecule has 0 radical (unpaired) electrons. The first-order chi connectivity index (χ1) is 21.7. The van der Waals surface area contributed by atoms with Gasteiger partial charge in [0.1, 0.15) is 12.6 Å². The maximum absolute atomic E-state index is 13.5. The van der Waals surface area contributed by atoms with Crippen LogP contribution in [-0.2, 0) is 35.2 Å². The first kappa shape index (κ1) is 33.8. The molecule has 0 aliphatic carbocycles. The topological polar surface area (TPSA) is 177 Å². The maximum Gasteiger partial charge on any atom is 0.511 e. The highest BCUT2D eigenvalue weighted by atomic mass is 32.2. The number of hydrogen-bond donors (Lipinski definition) is 1. The largest absolute Gasteiger partial charge is 0.569 e. The SMILES string of the molecule is CCOC(=O)OC(C)ON=[N+]([O-])N1CC[C@H]1COC(=O)NS(=O)(=O)c1ccc(-n2nc(C(F)(F)F)cc2-c2ccc(C)cc2)cc1. The van der Waals surface area contributed by atoms with Crippen molar-refractivity contribution in [3.8, 4) is 16.9 Å². The van der Waals surface area contributed by atoms with E-state index >= 15 is 0 Å². The Morgan fingerprint density at radius 3 is 2.41 bits per heavy atom. The molecule has 2 atom stereocenters. The van der Waals surface area contributed by atoms with Crippen LogP contribution in [0.15, 0.2) is 64.8 Å². The molecule has 2 heterocycles. The van der Waals surface area contributed by atoms with Crippen molar-refractivity contribution >= 4 is 22.3 Å². The summed E-state index contributed by atoms with van der Waals surface area (Å²) < 4.78 is 83.0. The molecule has 1 unspecified atom stereocenters. The van der Waals surface area contributed by atoms with Gasteiger partial charge in [0.2, 0.25) is 5.28 Å². The molecular weight excluding hydrogens is 641 g/mol. The van der Waals surface area contributed by atoms with Gasteiger partial charge in [-0.1, -0.05) is 29.8 Å². The van der Waals surface area contributed by atoms with Crippen molar-refractivity contribution < 1.29 is 55.2 Å². The predicted molar refractivity (Wildman–Crippen MR) is 150 cm³/mol. The van der Waals surface area contributed by atoms with Crippen molar-refractivity contribution in [1.29, 1.82) is 0 Å². The highest BCUT2D eigenvalue weighted by molar-refractivity contribution is 7.90. The summed E-state index contributed by atoms with van der Waals surface area (Å²) in [5, 5.41) is 20.2. The number of alkyl halides is 3. The first-order valence-corrected chi connectivity index (χ1v) is 15.1. The predicted octanol–water partition coefficient (Wildman–Crippen LogP) is 4.68. The number of sulfonamides is 1. The van der Waals surface area contributed by atoms with Gasteiger partial charge in [0, 0.05) is 12.5 Å². The van der Waals surface area contributed by atoms with E-state index in [-0.39, 0.29) is 41.0 Å². The van der Waals surface area contributed by atoms with Crippen molar-refractivity contribution in [2.45, 2.75) is 50.6 Å². The van der Waals surface area contributed by atoms with Gasteiger partial charge in [-0.25, -0.2) is 27.4 Å². The van der Waals surface area contributed by atoms with Gasteiger partial charge in [-0.05, 0) is 50.6 Å². The normalized spacial score (nSPS) is 15.8. The summed E-state index contributed by atoms with van der Waals surface area (Å²) in [5.74, 6) is 0. The smallest absolute Gasteiger partial charge is 0.511 e. The zero-order valence-electron chi connectivity index (χ0n) is 24.6. The number of aryl methyl sites for hydroxylation is 1. The van der Waals surface area contributed by atoms with Gasteiger partial charge in [0.05, 0.1) is 34.4 Å². The minimum absolute atomic E-state index is 0.0697. The van der Waals surface area contributed by atoms with E-state index in [2.05, 4.69) is 19.8 Å². The number of hydrazine groups is 1. The number of nitrogens with one attached hydrogen (secondary N) is 1. The van der Waals surface area contributed by atoms with Crippen molar-refractivity contribution in [3.05, 3.63) is 71.1 Å². The van der Waals surface area contributed by atoms with Gasteiger partial charge in [0.15, 0.2) is 5.69 Å². The van der Waals surface area contributed by atoms with Crippen LogP contribution >= 0.6 is 0 Å². The zero-order valence-corrected chi connectivity index (χ0v) is 25.4. The average Bonchev–Trinajstić information content (AvgIpc) is 3.42.